The van der Waals surface area contributed by atoms with E-state index in [1.54, 1.807) is 13.1 Å². The fourth-order valence-corrected chi connectivity index (χ4v) is 4.05. The Morgan fingerprint density at radius 3 is 2.40 bits per heavy atom. The van der Waals surface area contributed by atoms with Crippen LogP contribution in [0.3, 0.4) is 0 Å². The molecule has 1 N–H and O–H groups in total. The minimum atomic E-state index is -0.244. The van der Waals surface area contributed by atoms with Crippen LogP contribution in [0.1, 0.15) is 58.8 Å². The molecule has 0 saturated carbocycles. The molecule has 3 aromatic heterocycles. The second-order valence-corrected chi connectivity index (χ2v) is 10.3. The summed E-state index contributed by atoms with van der Waals surface area (Å²) in [6, 6.07) is 12.6. The highest BCUT2D eigenvalue weighted by Crippen LogP contribution is 2.27. The number of carbonyl (C=O) groups is 1. The summed E-state index contributed by atoms with van der Waals surface area (Å²) >= 11 is 0. The number of rotatable bonds is 10. The van der Waals surface area contributed by atoms with Gasteiger partial charge >= 0.3 is 0 Å². The van der Waals surface area contributed by atoms with Gasteiger partial charge in [0.05, 0.1) is 17.6 Å². The minimum Gasteiger partial charge on any atom is -0.448 e. The van der Waals surface area contributed by atoms with Gasteiger partial charge in [0, 0.05) is 29.2 Å². The number of aromatic amines is 1. The van der Waals surface area contributed by atoms with Crippen molar-refractivity contribution >= 4 is 5.78 Å². The van der Waals surface area contributed by atoms with Crippen LogP contribution in [-0.2, 0) is 17.6 Å². The van der Waals surface area contributed by atoms with Gasteiger partial charge in [0.25, 0.3) is 0 Å². The molecule has 0 radical (unpaired) electrons. The summed E-state index contributed by atoms with van der Waals surface area (Å²) in [6.07, 6.45) is 8.81. The van der Waals surface area contributed by atoms with E-state index in [1.807, 2.05) is 32.2 Å². The van der Waals surface area contributed by atoms with Crippen molar-refractivity contribution in [1.82, 2.24) is 19.9 Å². The lowest BCUT2D eigenvalue weighted by atomic mass is 9.83. The lowest BCUT2D eigenvalue weighted by Crippen LogP contribution is -2.21. The third kappa shape index (κ3) is 5.94. The lowest BCUT2D eigenvalue weighted by molar-refractivity contribution is -0.125. The molecule has 0 spiro atoms. The Balaban J connectivity index is 1.41. The van der Waals surface area contributed by atoms with Crippen molar-refractivity contribution in [2.75, 3.05) is 0 Å². The van der Waals surface area contributed by atoms with Crippen molar-refractivity contribution in [2.24, 2.45) is 11.3 Å². The Morgan fingerprint density at radius 1 is 1.00 bits per heavy atom. The summed E-state index contributed by atoms with van der Waals surface area (Å²) in [5.41, 5.74) is 5.59. The highest BCUT2D eigenvalue weighted by atomic mass is 16.3. The van der Waals surface area contributed by atoms with Gasteiger partial charge in [-0.1, -0.05) is 52.0 Å². The maximum Gasteiger partial charge on any atom is 0.181 e. The number of hydrogen-bond acceptors (Lipinski definition) is 5. The number of imidazole rings is 1. The van der Waals surface area contributed by atoms with E-state index in [2.05, 4.69) is 58.0 Å². The molecule has 0 amide bonds. The second kappa shape index (κ2) is 10.4. The molecule has 0 saturated heterocycles. The van der Waals surface area contributed by atoms with Gasteiger partial charge in [0.2, 0.25) is 0 Å². The van der Waals surface area contributed by atoms with E-state index in [4.69, 9.17) is 4.42 Å². The van der Waals surface area contributed by atoms with E-state index in [-0.39, 0.29) is 11.2 Å². The van der Waals surface area contributed by atoms with Gasteiger partial charge in [-0.05, 0) is 49.8 Å². The summed E-state index contributed by atoms with van der Waals surface area (Å²) in [7, 11) is 0. The fourth-order valence-electron chi connectivity index (χ4n) is 4.05. The number of carbonyl (C=O) groups excluding carboxylic acids is 1. The zero-order chi connectivity index (χ0) is 25.0. The molecule has 0 unspecified atom stereocenters. The second-order valence-electron chi connectivity index (χ2n) is 10.3. The van der Waals surface area contributed by atoms with Gasteiger partial charge in [0.15, 0.2) is 6.39 Å². The molecule has 6 heteroatoms. The Morgan fingerprint density at radius 2 is 1.74 bits per heavy atom. The number of oxazole rings is 1. The maximum atomic E-state index is 11.7. The van der Waals surface area contributed by atoms with Crippen LogP contribution in [-0.4, -0.2) is 25.7 Å². The van der Waals surface area contributed by atoms with Crippen LogP contribution in [0.25, 0.3) is 34.0 Å². The zero-order valence-corrected chi connectivity index (χ0v) is 21.3. The first-order chi connectivity index (χ1) is 16.7. The summed E-state index contributed by atoms with van der Waals surface area (Å²) in [5.74, 6) is 2.35. The first kappa shape index (κ1) is 24.6. The largest absolute Gasteiger partial charge is 0.448 e. The first-order valence-corrected chi connectivity index (χ1v) is 12.3. The molecule has 35 heavy (non-hydrogen) atoms. The highest BCUT2D eigenvalue weighted by Gasteiger charge is 2.22. The van der Waals surface area contributed by atoms with Crippen molar-refractivity contribution in [2.45, 2.75) is 60.3 Å². The molecule has 4 aromatic rings. The van der Waals surface area contributed by atoms with Crippen molar-refractivity contribution in [3.05, 3.63) is 66.5 Å². The summed E-state index contributed by atoms with van der Waals surface area (Å²) in [6.45, 7) is 10.0. The number of benzene rings is 1. The molecule has 6 nitrogen and oxygen atoms in total. The van der Waals surface area contributed by atoms with Gasteiger partial charge in [-0.2, -0.15) is 0 Å². The van der Waals surface area contributed by atoms with E-state index >= 15 is 0 Å². The third-order valence-electron chi connectivity index (χ3n) is 6.57. The van der Waals surface area contributed by atoms with Gasteiger partial charge in [-0.3, -0.25) is 9.78 Å². The molecule has 3 heterocycles. The van der Waals surface area contributed by atoms with E-state index in [1.165, 1.54) is 12.0 Å². The number of nitrogens with one attached hydrogen (secondary N) is 1. The Bertz CT molecular complexity index is 1260. The van der Waals surface area contributed by atoms with Crippen molar-refractivity contribution < 1.29 is 9.21 Å². The predicted molar refractivity (Wildman–Crippen MR) is 139 cm³/mol. The van der Waals surface area contributed by atoms with Crippen LogP contribution >= 0.6 is 0 Å². The number of nitrogens with zero attached hydrogens (tertiary/aromatic N) is 3. The molecular weight excluding hydrogens is 436 g/mol. The van der Waals surface area contributed by atoms with E-state index in [0.29, 0.717) is 5.92 Å². The average molecular weight is 471 g/mol. The van der Waals surface area contributed by atoms with Crippen molar-refractivity contribution in [3.8, 4) is 34.0 Å². The number of hydrogen-bond donors (Lipinski definition) is 1. The molecular formula is C29H34N4O2. The zero-order valence-electron chi connectivity index (χ0n) is 21.3. The molecule has 0 aliphatic heterocycles. The molecule has 4 rings (SSSR count). The Hall–Kier alpha value is -3.54. The number of pyridine rings is 1. The molecule has 0 aliphatic rings. The molecule has 0 fully saturated rings. The minimum absolute atomic E-state index is 0.244. The van der Waals surface area contributed by atoms with Crippen molar-refractivity contribution in [3.63, 3.8) is 0 Å². The predicted octanol–water partition coefficient (Wildman–Crippen LogP) is 6.93. The van der Waals surface area contributed by atoms with E-state index in [9.17, 15) is 4.79 Å². The maximum absolute atomic E-state index is 11.7. The quantitative estimate of drug-likeness (QED) is 0.272. The first-order valence-electron chi connectivity index (χ1n) is 12.3. The Kier molecular flexibility index (Phi) is 7.29. The smallest absolute Gasteiger partial charge is 0.181 e. The number of Topliss-reactive ketones (excluding diaryl/α,β-unsaturated/α-hetero) is 1. The van der Waals surface area contributed by atoms with Crippen molar-refractivity contribution in [1.29, 1.82) is 0 Å². The van der Waals surface area contributed by atoms with Gasteiger partial charge < -0.3 is 9.40 Å². The summed E-state index contributed by atoms with van der Waals surface area (Å²) < 4.78 is 5.58. The molecule has 182 valence electrons. The molecule has 0 aliphatic carbocycles. The molecule has 0 bridgehead atoms. The molecule has 0 atom stereocenters. The van der Waals surface area contributed by atoms with Crippen LogP contribution in [0, 0.1) is 11.3 Å². The average Bonchev–Trinajstić information content (AvgIpc) is 3.49. The van der Waals surface area contributed by atoms with E-state index in [0.717, 1.165) is 65.5 Å². The SMILES string of the molecule is CC(=O)C(C)(C)CCCc1ccc(-c2ccc(-c3ncc(-c4ncoc4CC(C)C)[nH]3)cn2)cc1. The van der Waals surface area contributed by atoms with Gasteiger partial charge in [-0.25, -0.2) is 9.97 Å². The topological polar surface area (TPSA) is 84.7 Å². The summed E-state index contributed by atoms with van der Waals surface area (Å²) in [5, 5.41) is 0. The number of aryl methyl sites for hydroxylation is 1. The van der Waals surface area contributed by atoms with Crippen LogP contribution in [0.5, 0.6) is 0 Å². The summed E-state index contributed by atoms with van der Waals surface area (Å²) in [4.78, 5) is 28.6. The van der Waals surface area contributed by atoms with Crippen LogP contribution in [0.15, 0.2) is 59.6 Å². The van der Waals surface area contributed by atoms with Crippen LogP contribution in [0.4, 0.5) is 0 Å². The highest BCUT2D eigenvalue weighted by molar-refractivity contribution is 5.81. The third-order valence-corrected chi connectivity index (χ3v) is 6.57. The number of H-pyrrole nitrogens is 1. The van der Waals surface area contributed by atoms with Gasteiger partial charge in [-0.15, -0.1) is 0 Å². The number of aromatic nitrogens is 4. The Labute approximate surface area is 207 Å². The van der Waals surface area contributed by atoms with E-state index < -0.39 is 0 Å². The molecule has 1 aromatic carbocycles. The number of ketones is 1. The van der Waals surface area contributed by atoms with Crippen LogP contribution < -0.4 is 0 Å². The fraction of sp³-hybridized carbons (Fsp3) is 0.379. The normalized spacial score (nSPS) is 11.8. The van der Waals surface area contributed by atoms with Gasteiger partial charge in [0.1, 0.15) is 23.1 Å². The lowest BCUT2D eigenvalue weighted by Gasteiger charge is -2.20. The monoisotopic (exact) mass is 470 g/mol. The van der Waals surface area contributed by atoms with Crippen LogP contribution in [0.2, 0.25) is 0 Å². The standard InChI is InChI=1S/C29H34N4O2/c1-19(2)15-26-27(32-18-35-26)25-17-31-28(33-25)23-12-13-24(30-16-23)22-10-8-21(9-11-22)7-6-14-29(4,5)20(3)34/h8-13,16-19H,6-7,14-15H2,1-5H3,(H,31,33).